The van der Waals surface area contributed by atoms with Crippen LogP contribution in [0.25, 0.3) is 21.6 Å². The zero-order chi connectivity index (χ0) is 20.3. The van der Waals surface area contributed by atoms with Crippen LogP contribution in [0.4, 0.5) is 5.82 Å². The number of aromatic nitrogens is 4. The van der Waals surface area contributed by atoms with E-state index < -0.39 is 0 Å². The highest BCUT2D eigenvalue weighted by molar-refractivity contribution is 7.16. The lowest BCUT2D eigenvalue weighted by molar-refractivity contribution is 0.215. The maximum Gasteiger partial charge on any atom is 0.241 e. The molecule has 0 amide bonds. The van der Waals surface area contributed by atoms with Gasteiger partial charge in [-0.15, -0.1) is 11.3 Å². The fraction of sp³-hybridized carbons (Fsp3) is 0.333. The first-order valence-electron chi connectivity index (χ1n) is 10.0. The first kappa shape index (κ1) is 19.0. The molecule has 0 spiro atoms. The van der Waals surface area contributed by atoms with Crippen LogP contribution in [0.5, 0.6) is 5.75 Å². The minimum absolute atomic E-state index is 0.604. The molecular formula is C21H22N6O2S. The van der Waals surface area contributed by atoms with Crippen molar-refractivity contribution in [3.05, 3.63) is 47.9 Å². The molecule has 0 radical (unpaired) electrons. The Morgan fingerprint density at radius 3 is 2.70 bits per heavy atom. The summed E-state index contributed by atoms with van der Waals surface area (Å²) in [5.74, 6) is 3.10. The van der Waals surface area contributed by atoms with E-state index >= 15 is 0 Å². The third-order valence-corrected chi connectivity index (χ3v) is 5.98. The number of hydrogen-bond acceptors (Lipinski definition) is 9. The minimum atomic E-state index is 0.604. The Kier molecular flexibility index (Phi) is 5.29. The van der Waals surface area contributed by atoms with Crippen LogP contribution in [-0.2, 0) is 6.54 Å². The lowest BCUT2D eigenvalue weighted by Crippen LogP contribution is -2.46. The summed E-state index contributed by atoms with van der Waals surface area (Å²) in [6.45, 7) is 6.90. The zero-order valence-corrected chi connectivity index (χ0v) is 17.5. The van der Waals surface area contributed by atoms with Gasteiger partial charge in [0.05, 0.1) is 18.5 Å². The van der Waals surface area contributed by atoms with Crippen LogP contribution in [0.3, 0.4) is 0 Å². The molecule has 4 heterocycles. The van der Waals surface area contributed by atoms with Crippen LogP contribution in [0.15, 0.2) is 46.6 Å². The number of benzene rings is 1. The van der Waals surface area contributed by atoms with Gasteiger partial charge in [0.1, 0.15) is 22.7 Å². The quantitative estimate of drug-likeness (QED) is 0.467. The first-order chi connectivity index (χ1) is 14.8. The van der Waals surface area contributed by atoms with E-state index in [4.69, 9.17) is 9.26 Å². The van der Waals surface area contributed by atoms with Crippen molar-refractivity contribution in [1.29, 1.82) is 0 Å². The van der Waals surface area contributed by atoms with Gasteiger partial charge in [-0.05, 0) is 42.6 Å². The normalized spacial score (nSPS) is 15.0. The van der Waals surface area contributed by atoms with Gasteiger partial charge in [-0.3, -0.25) is 4.90 Å². The maximum atomic E-state index is 5.49. The second-order valence-electron chi connectivity index (χ2n) is 7.07. The Labute approximate surface area is 178 Å². The number of piperazine rings is 1. The molecule has 30 heavy (non-hydrogen) atoms. The lowest BCUT2D eigenvalue weighted by Gasteiger charge is -2.34. The third-order valence-electron chi connectivity index (χ3n) is 5.16. The summed E-state index contributed by atoms with van der Waals surface area (Å²) >= 11 is 1.65. The standard InChI is InChI=1S/C21H22N6O2S/c1-2-28-16-5-3-15(4-6-16)19-24-18(29-25-19)13-26-8-10-27(11-9-26)20-17-7-12-30-21(17)23-14-22-20/h3-7,12,14H,2,8-11,13H2,1H3. The van der Waals surface area contributed by atoms with Crippen molar-refractivity contribution in [3.8, 4) is 17.1 Å². The SMILES string of the molecule is CCOc1ccc(-c2noc(CN3CCN(c4ncnc5sccc45)CC3)n2)cc1. The van der Waals surface area contributed by atoms with E-state index in [2.05, 4.69) is 41.4 Å². The highest BCUT2D eigenvalue weighted by Crippen LogP contribution is 2.27. The van der Waals surface area contributed by atoms with E-state index in [-0.39, 0.29) is 0 Å². The Balaban J connectivity index is 1.20. The summed E-state index contributed by atoms with van der Waals surface area (Å²) in [6, 6.07) is 9.84. The average molecular weight is 423 g/mol. The topological polar surface area (TPSA) is 80.4 Å². The molecule has 5 rings (SSSR count). The predicted molar refractivity (Wildman–Crippen MR) is 116 cm³/mol. The van der Waals surface area contributed by atoms with E-state index in [1.165, 1.54) is 0 Å². The minimum Gasteiger partial charge on any atom is -0.494 e. The molecule has 0 unspecified atom stereocenters. The molecule has 1 aromatic carbocycles. The summed E-state index contributed by atoms with van der Waals surface area (Å²) < 4.78 is 11.0. The molecular weight excluding hydrogens is 400 g/mol. The Morgan fingerprint density at radius 1 is 1.07 bits per heavy atom. The molecule has 154 valence electrons. The maximum absolute atomic E-state index is 5.49. The van der Waals surface area contributed by atoms with E-state index in [1.54, 1.807) is 17.7 Å². The molecule has 0 saturated carbocycles. The Morgan fingerprint density at radius 2 is 1.90 bits per heavy atom. The van der Waals surface area contributed by atoms with Crippen molar-refractivity contribution >= 4 is 27.4 Å². The number of anilines is 1. The van der Waals surface area contributed by atoms with Crippen molar-refractivity contribution in [2.45, 2.75) is 13.5 Å². The van der Waals surface area contributed by atoms with Gasteiger partial charge in [0.2, 0.25) is 11.7 Å². The van der Waals surface area contributed by atoms with Gasteiger partial charge < -0.3 is 14.2 Å². The molecule has 1 aliphatic heterocycles. The molecule has 1 saturated heterocycles. The van der Waals surface area contributed by atoms with Gasteiger partial charge in [0.25, 0.3) is 0 Å². The van der Waals surface area contributed by atoms with Crippen molar-refractivity contribution in [2.24, 2.45) is 0 Å². The fourth-order valence-corrected chi connectivity index (χ4v) is 4.37. The number of ether oxygens (including phenoxy) is 1. The van der Waals surface area contributed by atoms with Gasteiger partial charge >= 0.3 is 0 Å². The summed E-state index contributed by atoms with van der Waals surface area (Å²) in [7, 11) is 0. The van der Waals surface area contributed by atoms with Crippen LogP contribution in [0, 0.1) is 0 Å². The number of hydrogen-bond donors (Lipinski definition) is 0. The Bertz CT molecular complexity index is 1120. The van der Waals surface area contributed by atoms with Gasteiger partial charge in [-0.1, -0.05) is 5.16 Å². The van der Waals surface area contributed by atoms with E-state index in [0.717, 1.165) is 53.5 Å². The molecule has 0 aliphatic carbocycles. The van der Waals surface area contributed by atoms with Crippen LogP contribution in [-0.4, -0.2) is 57.8 Å². The summed E-state index contributed by atoms with van der Waals surface area (Å²) in [4.78, 5) is 19.1. The predicted octanol–water partition coefficient (Wildman–Crippen LogP) is 3.46. The van der Waals surface area contributed by atoms with Crippen LogP contribution < -0.4 is 9.64 Å². The first-order valence-corrected chi connectivity index (χ1v) is 10.9. The van der Waals surface area contributed by atoms with Gasteiger partial charge in [0.15, 0.2) is 0 Å². The second-order valence-corrected chi connectivity index (χ2v) is 7.96. The molecule has 1 fully saturated rings. The molecule has 0 bridgehead atoms. The van der Waals surface area contributed by atoms with Gasteiger partial charge in [-0.2, -0.15) is 4.98 Å². The molecule has 1 aliphatic rings. The van der Waals surface area contributed by atoms with Crippen LogP contribution >= 0.6 is 11.3 Å². The van der Waals surface area contributed by atoms with E-state index in [9.17, 15) is 0 Å². The zero-order valence-electron chi connectivity index (χ0n) is 16.7. The number of nitrogens with zero attached hydrogens (tertiary/aromatic N) is 6. The molecule has 9 heteroatoms. The smallest absolute Gasteiger partial charge is 0.241 e. The second kappa shape index (κ2) is 8.37. The fourth-order valence-electron chi connectivity index (χ4n) is 3.64. The van der Waals surface area contributed by atoms with E-state index in [1.807, 2.05) is 31.2 Å². The number of thiophene rings is 1. The average Bonchev–Trinajstić information content (AvgIpc) is 3.45. The van der Waals surface area contributed by atoms with E-state index in [0.29, 0.717) is 24.9 Å². The van der Waals surface area contributed by atoms with Gasteiger partial charge in [-0.25, -0.2) is 9.97 Å². The van der Waals surface area contributed by atoms with Crippen molar-refractivity contribution in [3.63, 3.8) is 0 Å². The largest absolute Gasteiger partial charge is 0.494 e. The molecule has 3 aromatic heterocycles. The van der Waals surface area contributed by atoms with Crippen LogP contribution in [0.1, 0.15) is 12.8 Å². The lowest BCUT2D eigenvalue weighted by atomic mass is 10.2. The Hall–Kier alpha value is -3.04. The van der Waals surface area contributed by atoms with Crippen LogP contribution in [0.2, 0.25) is 0 Å². The molecule has 0 atom stereocenters. The third kappa shape index (κ3) is 3.86. The summed E-state index contributed by atoms with van der Waals surface area (Å²) in [5, 5.41) is 7.34. The van der Waals surface area contributed by atoms with Crippen molar-refractivity contribution < 1.29 is 9.26 Å². The molecule has 4 aromatic rings. The van der Waals surface area contributed by atoms with Crippen molar-refractivity contribution in [2.75, 3.05) is 37.7 Å². The van der Waals surface area contributed by atoms with Gasteiger partial charge in [0, 0.05) is 31.7 Å². The monoisotopic (exact) mass is 422 g/mol. The highest BCUT2D eigenvalue weighted by Gasteiger charge is 2.22. The molecule has 8 nitrogen and oxygen atoms in total. The van der Waals surface area contributed by atoms with Crippen molar-refractivity contribution in [1.82, 2.24) is 25.0 Å². The summed E-state index contributed by atoms with van der Waals surface area (Å²) in [6.07, 6.45) is 1.65. The highest BCUT2D eigenvalue weighted by atomic mass is 32.1. The number of fused-ring (bicyclic) bond motifs is 1. The summed E-state index contributed by atoms with van der Waals surface area (Å²) in [5.41, 5.74) is 0.918. The molecule has 0 N–H and O–H groups in total. The number of rotatable bonds is 6.